The Kier molecular flexibility index (Phi) is 3.95. The SMILES string of the molecule is CC1CCC(Nc2ccccc2N2CCCC2=O)CC1. The van der Waals surface area contributed by atoms with Gasteiger partial charge >= 0.3 is 0 Å². The molecule has 0 spiro atoms. The number of carbonyl (C=O) groups excluding carboxylic acids is 1. The molecule has 1 saturated carbocycles. The third-order valence-electron chi connectivity index (χ3n) is 4.64. The highest BCUT2D eigenvalue weighted by Gasteiger charge is 2.25. The van der Waals surface area contributed by atoms with Crippen molar-refractivity contribution in [3.63, 3.8) is 0 Å². The van der Waals surface area contributed by atoms with Gasteiger partial charge in [0.1, 0.15) is 0 Å². The van der Waals surface area contributed by atoms with Gasteiger partial charge < -0.3 is 10.2 Å². The summed E-state index contributed by atoms with van der Waals surface area (Å²) in [5.41, 5.74) is 2.19. The molecule has 1 amide bonds. The second kappa shape index (κ2) is 5.86. The zero-order valence-electron chi connectivity index (χ0n) is 12.3. The largest absolute Gasteiger partial charge is 0.381 e. The number of nitrogens with zero attached hydrogens (tertiary/aromatic N) is 1. The van der Waals surface area contributed by atoms with Crippen LogP contribution in [0, 0.1) is 5.92 Å². The van der Waals surface area contributed by atoms with Crippen molar-refractivity contribution in [2.45, 2.75) is 51.5 Å². The zero-order valence-corrected chi connectivity index (χ0v) is 12.3. The standard InChI is InChI=1S/C17H24N2O/c1-13-8-10-14(11-9-13)18-15-5-2-3-6-16(15)19-12-4-7-17(19)20/h2-3,5-6,13-14,18H,4,7-12H2,1H3. The van der Waals surface area contributed by atoms with Crippen LogP contribution in [0.1, 0.15) is 45.4 Å². The van der Waals surface area contributed by atoms with Crippen LogP contribution in [0.2, 0.25) is 0 Å². The second-order valence-electron chi connectivity index (χ2n) is 6.27. The first-order chi connectivity index (χ1) is 9.74. The van der Waals surface area contributed by atoms with Gasteiger partial charge in [0.2, 0.25) is 5.91 Å². The first-order valence-corrected chi connectivity index (χ1v) is 7.90. The summed E-state index contributed by atoms with van der Waals surface area (Å²) in [7, 11) is 0. The van der Waals surface area contributed by atoms with Crippen LogP contribution in [0.15, 0.2) is 24.3 Å². The quantitative estimate of drug-likeness (QED) is 0.907. The summed E-state index contributed by atoms with van der Waals surface area (Å²) in [6.07, 6.45) is 6.77. The molecule has 1 heterocycles. The fourth-order valence-corrected chi connectivity index (χ4v) is 3.36. The number of hydrogen-bond acceptors (Lipinski definition) is 2. The van der Waals surface area contributed by atoms with E-state index in [-0.39, 0.29) is 5.91 Å². The fraction of sp³-hybridized carbons (Fsp3) is 0.588. The molecule has 1 aromatic carbocycles. The van der Waals surface area contributed by atoms with Crippen molar-refractivity contribution in [1.82, 2.24) is 0 Å². The van der Waals surface area contributed by atoms with Gasteiger partial charge in [0, 0.05) is 19.0 Å². The van der Waals surface area contributed by atoms with Crippen LogP contribution in [0.25, 0.3) is 0 Å². The van der Waals surface area contributed by atoms with Gasteiger partial charge in [-0.3, -0.25) is 4.79 Å². The van der Waals surface area contributed by atoms with E-state index in [2.05, 4.69) is 30.4 Å². The van der Waals surface area contributed by atoms with Gasteiger partial charge in [-0.2, -0.15) is 0 Å². The Labute approximate surface area is 121 Å². The van der Waals surface area contributed by atoms with E-state index >= 15 is 0 Å². The lowest BCUT2D eigenvalue weighted by atomic mass is 9.87. The molecule has 2 fully saturated rings. The summed E-state index contributed by atoms with van der Waals surface area (Å²) >= 11 is 0. The summed E-state index contributed by atoms with van der Waals surface area (Å²) in [5.74, 6) is 1.12. The average molecular weight is 272 g/mol. The Bertz CT molecular complexity index is 478. The van der Waals surface area contributed by atoms with E-state index < -0.39 is 0 Å². The van der Waals surface area contributed by atoms with Gasteiger partial charge in [0.05, 0.1) is 11.4 Å². The first kappa shape index (κ1) is 13.5. The number of benzene rings is 1. The van der Waals surface area contributed by atoms with Crippen LogP contribution in [-0.2, 0) is 4.79 Å². The van der Waals surface area contributed by atoms with E-state index in [0.717, 1.165) is 30.3 Å². The van der Waals surface area contributed by atoms with Crippen molar-refractivity contribution < 1.29 is 4.79 Å². The monoisotopic (exact) mass is 272 g/mol. The number of para-hydroxylation sites is 2. The van der Waals surface area contributed by atoms with Crippen LogP contribution >= 0.6 is 0 Å². The van der Waals surface area contributed by atoms with Gasteiger partial charge in [-0.05, 0) is 50.2 Å². The Morgan fingerprint density at radius 1 is 1.15 bits per heavy atom. The minimum atomic E-state index is 0.261. The molecule has 0 bridgehead atoms. The molecule has 1 aliphatic carbocycles. The maximum Gasteiger partial charge on any atom is 0.227 e. The van der Waals surface area contributed by atoms with Crippen LogP contribution < -0.4 is 10.2 Å². The van der Waals surface area contributed by atoms with Crippen LogP contribution in [0.3, 0.4) is 0 Å². The number of anilines is 2. The Hall–Kier alpha value is -1.51. The minimum Gasteiger partial charge on any atom is -0.381 e. The molecule has 20 heavy (non-hydrogen) atoms. The van der Waals surface area contributed by atoms with E-state index in [1.807, 2.05) is 11.0 Å². The molecular weight excluding hydrogens is 248 g/mol. The highest BCUT2D eigenvalue weighted by molar-refractivity contribution is 5.98. The van der Waals surface area contributed by atoms with Crippen molar-refractivity contribution in [3.8, 4) is 0 Å². The van der Waals surface area contributed by atoms with Crippen molar-refractivity contribution in [1.29, 1.82) is 0 Å². The van der Waals surface area contributed by atoms with E-state index in [9.17, 15) is 4.79 Å². The molecule has 0 aromatic heterocycles. The van der Waals surface area contributed by atoms with Gasteiger partial charge in [0.25, 0.3) is 0 Å². The van der Waals surface area contributed by atoms with Crippen LogP contribution in [0.5, 0.6) is 0 Å². The lowest BCUT2D eigenvalue weighted by Gasteiger charge is -2.29. The molecule has 1 N–H and O–H groups in total. The Balaban J connectivity index is 1.74. The molecule has 108 valence electrons. The lowest BCUT2D eigenvalue weighted by Crippen LogP contribution is -2.28. The van der Waals surface area contributed by atoms with E-state index in [0.29, 0.717) is 12.5 Å². The topological polar surface area (TPSA) is 32.3 Å². The number of nitrogens with one attached hydrogen (secondary N) is 1. The van der Waals surface area contributed by atoms with Gasteiger partial charge in [-0.25, -0.2) is 0 Å². The minimum absolute atomic E-state index is 0.261. The van der Waals surface area contributed by atoms with Crippen molar-refractivity contribution in [3.05, 3.63) is 24.3 Å². The molecule has 1 saturated heterocycles. The second-order valence-corrected chi connectivity index (χ2v) is 6.27. The predicted octanol–water partition coefficient (Wildman–Crippen LogP) is 3.80. The summed E-state index contributed by atoms with van der Waals surface area (Å²) in [6.45, 7) is 3.20. The van der Waals surface area contributed by atoms with Gasteiger partial charge in [-0.15, -0.1) is 0 Å². The molecule has 3 heteroatoms. The zero-order chi connectivity index (χ0) is 13.9. The molecular formula is C17H24N2O. The van der Waals surface area contributed by atoms with E-state index in [4.69, 9.17) is 0 Å². The smallest absolute Gasteiger partial charge is 0.227 e. The molecule has 0 radical (unpaired) electrons. The number of rotatable bonds is 3. The highest BCUT2D eigenvalue weighted by Crippen LogP contribution is 2.32. The predicted molar refractivity (Wildman–Crippen MR) is 83.1 cm³/mol. The molecule has 3 rings (SSSR count). The maximum absolute atomic E-state index is 12.0. The normalized spacial score (nSPS) is 26.9. The number of hydrogen-bond donors (Lipinski definition) is 1. The third-order valence-corrected chi connectivity index (χ3v) is 4.64. The Morgan fingerprint density at radius 3 is 2.60 bits per heavy atom. The summed E-state index contributed by atoms with van der Waals surface area (Å²) < 4.78 is 0. The molecule has 0 atom stereocenters. The van der Waals surface area contributed by atoms with Gasteiger partial charge in [0.15, 0.2) is 0 Å². The van der Waals surface area contributed by atoms with Crippen molar-refractivity contribution in [2.75, 3.05) is 16.8 Å². The summed E-state index contributed by atoms with van der Waals surface area (Å²) in [4.78, 5) is 13.9. The summed E-state index contributed by atoms with van der Waals surface area (Å²) in [6, 6.07) is 8.81. The lowest BCUT2D eigenvalue weighted by molar-refractivity contribution is -0.117. The molecule has 1 aromatic rings. The highest BCUT2D eigenvalue weighted by atomic mass is 16.2. The van der Waals surface area contributed by atoms with E-state index in [1.165, 1.54) is 25.7 Å². The van der Waals surface area contributed by atoms with Crippen LogP contribution in [0.4, 0.5) is 11.4 Å². The Morgan fingerprint density at radius 2 is 1.90 bits per heavy atom. The van der Waals surface area contributed by atoms with Crippen molar-refractivity contribution >= 4 is 17.3 Å². The van der Waals surface area contributed by atoms with Crippen LogP contribution in [-0.4, -0.2) is 18.5 Å². The number of carbonyl (C=O) groups is 1. The summed E-state index contributed by atoms with van der Waals surface area (Å²) in [5, 5.41) is 3.67. The van der Waals surface area contributed by atoms with Gasteiger partial charge in [-0.1, -0.05) is 19.1 Å². The molecule has 1 aliphatic heterocycles. The molecule has 3 nitrogen and oxygen atoms in total. The van der Waals surface area contributed by atoms with E-state index in [1.54, 1.807) is 0 Å². The number of amides is 1. The molecule has 2 aliphatic rings. The third kappa shape index (κ3) is 2.82. The van der Waals surface area contributed by atoms with Crippen molar-refractivity contribution in [2.24, 2.45) is 5.92 Å². The average Bonchev–Trinajstić information content (AvgIpc) is 2.88. The maximum atomic E-state index is 12.0. The molecule has 0 unspecified atom stereocenters. The first-order valence-electron chi connectivity index (χ1n) is 7.90. The fourth-order valence-electron chi connectivity index (χ4n) is 3.36.